The molecule has 128 valence electrons. The highest BCUT2D eigenvalue weighted by molar-refractivity contribution is 5.80. The number of amides is 1. The molecule has 0 bridgehead atoms. The topological polar surface area (TPSA) is 47.6 Å². The maximum atomic E-state index is 12.1. The number of hydrogen-bond acceptors (Lipinski definition) is 3. The van der Waals surface area contributed by atoms with E-state index >= 15 is 0 Å². The summed E-state index contributed by atoms with van der Waals surface area (Å²) in [6.45, 7) is 8.62. The van der Waals surface area contributed by atoms with Gasteiger partial charge in [0.05, 0.1) is 6.54 Å². The van der Waals surface area contributed by atoms with Gasteiger partial charge in [0.25, 0.3) is 5.91 Å². The number of aryl methyl sites for hydroxylation is 3. The van der Waals surface area contributed by atoms with Crippen molar-refractivity contribution in [2.75, 3.05) is 13.2 Å². The maximum absolute atomic E-state index is 12.1. The second-order valence-electron chi connectivity index (χ2n) is 5.99. The third kappa shape index (κ3) is 5.30. The standard InChI is InChI=1S/C20H25NO3/c1-14-6-5-7-18(12-14)24-17(4)20(22)21-10-11-23-19-13-15(2)8-9-16(19)3/h5-9,12-13,17H,10-11H2,1-4H3,(H,21,22). The number of benzene rings is 2. The molecule has 2 aromatic rings. The van der Waals surface area contributed by atoms with Crippen LogP contribution in [0.1, 0.15) is 23.6 Å². The van der Waals surface area contributed by atoms with Crippen molar-refractivity contribution in [2.24, 2.45) is 0 Å². The molecule has 1 N–H and O–H groups in total. The Morgan fingerprint density at radius 1 is 1.08 bits per heavy atom. The number of nitrogens with one attached hydrogen (secondary N) is 1. The molecule has 4 heteroatoms. The Bertz CT molecular complexity index is 697. The first-order valence-corrected chi connectivity index (χ1v) is 8.17. The van der Waals surface area contributed by atoms with E-state index in [0.29, 0.717) is 18.9 Å². The summed E-state index contributed by atoms with van der Waals surface area (Å²) in [4.78, 5) is 12.1. The number of hydrogen-bond donors (Lipinski definition) is 1. The normalized spacial score (nSPS) is 11.7. The summed E-state index contributed by atoms with van der Waals surface area (Å²) < 4.78 is 11.4. The van der Waals surface area contributed by atoms with Crippen molar-refractivity contribution in [3.8, 4) is 11.5 Å². The summed E-state index contributed by atoms with van der Waals surface area (Å²) in [6, 6.07) is 13.7. The highest BCUT2D eigenvalue weighted by Gasteiger charge is 2.14. The van der Waals surface area contributed by atoms with Gasteiger partial charge in [-0.25, -0.2) is 0 Å². The quantitative estimate of drug-likeness (QED) is 0.791. The molecule has 0 fully saturated rings. The average Bonchev–Trinajstić information content (AvgIpc) is 2.54. The lowest BCUT2D eigenvalue weighted by molar-refractivity contribution is -0.127. The van der Waals surface area contributed by atoms with Crippen LogP contribution in [0, 0.1) is 20.8 Å². The third-order valence-corrected chi connectivity index (χ3v) is 3.67. The largest absolute Gasteiger partial charge is 0.491 e. The van der Waals surface area contributed by atoms with Crippen LogP contribution >= 0.6 is 0 Å². The van der Waals surface area contributed by atoms with E-state index in [9.17, 15) is 4.79 Å². The molecule has 0 spiro atoms. The molecular formula is C20H25NO3. The molecule has 2 rings (SSSR count). The molecule has 0 saturated heterocycles. The summed E-state index contributed by atoms with van der Waals surface area (Å²) in [5.74, 6) is 1.40. The number of carbonyl (C=O) groups is 1. The maximum Gasteiger partial charge on any atom is 0.260 e. The summed E-state index contributed by atoms with van der Waals surface area (Å²) in [5.41, 5.74) is 3.34. The van der Waals surface area contributed by atoms with Gasteiger partial charge >= 0.3 is 0 Å². The fourth-order valence-electron chi connectivity index (χ4n) is 2.29. The Morgan fingerprint density at radius 2 is 1.83 bits per heavy atom. The lowest BCUT2D eigenvalue weighted by Crippen LogP contribution is -2.38. The fourth-order valence-corrected chi connectivity index (χ4v) is 2.29. The van der Waals surface area contributed by atoms with Crippen LogP contribution in [0.5, 0.6) is 11.5 Å². The molecule has 0 aliphatic carbocycles. The van der Waals surface area contributed by atoms with E-state index in [0.717, 1.165) is 22.4 Å². The molecule has 0 aromatic heterocycles. The summed E-state index contributed by atoms with van der Waals surface area (Å²) >= 11 is 0. The van der Waals surface area contributed by atoms with E-state index in [1.807, 2.05) is 63.2 Å². The summed E-state index contributed by atoms with van der Waals surface area (Å²) in [7, 11) is 0. The summed E-state index contributed by atoms with van der Waals surface area (Å²) in [6.07, 6.45) is -0.549. The summed E-state index contributed by atoms with van der Waals surface area (Å²) in [5, 5.41) is 2.83. The minimum Gasteiger partial charge on any atom is -0.491 e. The van der Waals surface area contributed by atoms with Gasteiger partial charge in [-0.15, -0.1) is 0 Å². The van der Waals surface area contributed by atoms with Crippen molar-refractivity contribution in [1.82, 2.24) is 5.32 Å². The van der Waals surface area contributed by atoms with Gasteiger partial charge in [-0.1, -0.05) is 24.3 Å². The van der Waals surface area contributed by atoms with Gasteiger partial charge in [-0.3, -0.25) is 4.79 Å². The highest BCUT2D eigenvalue weighted by atomic mass is 16.5. The van der Waals surface area contributed by atoms with Crippen molar-refractivity contribution < 1.29 is 14.3 Å². The van der Waals surface area contributed by atoms with Crippen LogP contribution < -0.4 is 14.8 Å². The van der Waals surface area contributed by atoms with E-state index in [4.69, 9.17) is 9.47 Å². The van der Waals surface area contributed by atoms with Crippen molar-refractivity contribution in [3.05, 3.63) is 59.2 Å². The Balaban J connectivity index is 1.75. The van der Waals surface area contributed by atoms with Gasteiger partial charge in [0.15, 0.2) is 6.10 Å². The van der Waals surface area contributed by atoms with Gasteiger partial charge in [0.1, 0.15) is 18.1 Å². The Labute approximate surface area is 143 Å². The zero-order valence-corrected chi connectivity index (χ0v) is 14.8. The molecule has 0 saturated carbocycles. The zero-order valence-electron chi connectivity index (χ0n) is 14.8. The highest BCUT2D eigenvalue weighted by Crippen LogP contribution is 2.18. The van der Waals surface area contributed by atoms with Crippen LogP contribution in [0.2, 0.25) is 0 Å². The molecule has 24 heavy (non-hydrogen) atoms. The zero-order chi connectivity index (χ0) is 17.5. The first-order chi connectivity index (χ1) is 11.5. The van der Waals surface area contributed by atoms with Crippen LogP contribution in [0.15, 0.2) is 42.5 Å². The van der Waals surface area contributed by atoms with Gasteiger partial charge in [-0.05, 0) is 62.6 Å². The SMILES string of the molecule is Cc1cccc(OC(C)C(=O)NCCOc2cc(C)ccc2C)c1. The van der Waals surface area contributed by atoms with Crippen LogP contribution in [0.25, 0.3) is 0 Å². The number of rotatable bonds is 7. The molecule has 0 aliphatic heterocycles. The first-order valence-electron chi connectivity index (χ1n) is 8.17. The van der Waals surface area contributed by atoms with Crippen molar-refractivity contribution in [3.63, 3.8) is 0 Å². The van der Waals surface area contributed by atoms with Crippen molar-refractivity contribution >= 4 is 5.91 Å². The van der Waals surface area contributed by atoms with Crippen molar-refractivity contribution in [2.45, 2.75) is 33.8 Å². The lowest BCUT2D eigenvalue weighted by Gasteiger charge is -2.15. The van der Waals surface area contributed by atoms with E-state index < -0.39 is 6.10 Å². The number of ether oxygens (including phenoxy) is 2. The predicted molar refractivity (Wildman–Crippen MR) is 95.7 cm³/mol. The third-order valence-electron chi connectivity index (χ3n) is 3.67. The predicted octanol–water partition coefficient (Wildman–Crippen LogP) is 3.57. The molecular weight excluding hydrogens is 302 g/mol. The average molecular weight is 327 g/mol. The molecule has 2 aromatic carbocycles. The second kappa shape index (κ2) is 8.39. The van der Waals surface area contributed by atoms with E-state index in [1.165, 1.54) is 0 Å². The smallest absolute Gasteiger partial charge is 0.260 e. The Kier molecular flexibility index (Phi) is 6.24. The lowest BCUT2D eigenvalue weighted by atomic mass is 10.1. The van der Waals surface area contributed by atoms with Crippen molar-refractivity contribution in [1.29, 1.82) is 0 Å². The van der Waals surface area contributed by atoms with E-state index in [-0.39, 0.29) is 5.91 Å². The molecule has 4 nitrogen and oxygen atoms in total. The Hall–Kier alpha value is -2.49. The van der Waals surface area contributed by atoms with E-state index in [1.54, 1.807) is 6.92 Å². The monoisotopic (exact) mass is 327 g/mol. The number of carbonyl (C=O) groups excluding carboxylic acids is 1. The van der Waals surface area contributed by atoms with E-state index in [2.05, 4.69) is 5.32 Å². The molecule has 1 unspecified atom stereocenters. The van der Waals surface area contributed by atoms with Gasteiger partial charge in [0.2, 0.25) is 0 Å². The second-order valence-corrected chi connectivity index (χ2v) is 5.99. The molecule has 1 amide bonds. The molecule has 0 aliphatic rings. The van der Waals surface area contributed by atoms with Gasteiger partial charge in [0, 0.05) is 0 Å². The minimum absolute atomic E-state index is 0.152. The first kappa shape index (κ1) is 17.9. The molecule has 1 atom stereocenters. The van der Waals surface area contributed by atoms with Gasteiger partial charge in [-0.2, -0.15) is 0 Å². The minimum atomic E-state index is -0.549. The van der Waals surface area contributed by atoms with Gasteiger partial charge < -0.3 is 14.8 Å². The van der Waals surface area contributed by atoms with Crippen LogP contribution in [0.4, 0.5) is 0 Å². The van der Waals surface area contributed by atoms with Crippen LogP contribution in [-0.4, -0.2) is 25.2 Å². The molecule has 0 radical (unpaired) electrons. The van der Waals surface area contributed by atoms with Crippen LogP contribution in [-0.2, 0) is 4.79 Å². The fraction of sp³-hybridized carbons (Fsp3) is 0.350. The molecule has 0 heterocycles. The Morgan fingerprint density at radius 3 is 2.58 bits per heavy atom. The van der Waals surface area contributed by atoms with Crippen LogP contribution in [0.3, 0.4) is 0 Å².